The summed E-state index contributed by atoms with van der Waals surface area (Å²) >= 11 is 4.18. The lowest BCUT2D eigenvalue weighted by atomic mass is 10.1. The summed E-state index contributed by atoms with van der Waals surface area (Å²) in [6, 6.07) is 0.471. The third kappa shape index (κ3) is 3.37. The van der Waals surface area contributed by atoms with Crippen molar-refractivity contribution < 1.29 is 0 Å². The van der Waals surface area contributed by atoms with Crippen LogP contribution in [0.1, 0.15) is 25.7 Å². The molecule has 1 saturated carbocycles. The quantitative estimate of drug-likeness (QED) is 0.783. The number of hydrogen-bond donors (Lipinski definition) is 1. The van der Waals surface area contributed by atoms with Crippen LogP contribution in [0.25, 0.3) is 0 Å². The van der Waals surface area contributed by atoms with E-state index in [1.54, 1.807) is 0 Å². The molecule has 1 heterocycles. The Hall–Kier alpha value is 0.660. The Bertz CT molecular complexity index is 153. The lowest BCUT2D eigenvalue weighted by Gasteiger charge is -2.26. The van der Waals surface area contributed by atoms with Gasteiger partial charge in [-0.05, 0) is 18.8 Å². The van der Waals surface area contributed by atoms with Gasteiger partial charge in [0.25, 0.3) is 0 Å². The van der Waals surface area contributed by atoms with Crippen molar-refractivity contribution in [3.05, 3.63) is 0 Å². The molecule has 76 valence electrons. The molecule has 1 aliphatic carbocycles. The van der Waals surface area contributed by atoms with Crippen molar-refractivity contribution in [2.24, 2.45) is 11.7 Å². The lowest BCUT2D eigenvalue weighted by Crippen LogP contribution is -2.36. The van der Waals surface area contributed by atoms with Crippen LogP contribution < -0.4 is 5.73 Å². The fourth-order valence-corrected chi connectivity index (χ4v) is 4.64. The first-order valence-corrected chi connectivity index (χ1v) is 7.51. The van der Waals surface area contributed by atoms with E-state index in [0.29, 0.717) is 6.04 Å². The second kappa shape index (κ2) is 4.94. The molecule has 2 atom stereocenters. The lowest BCUT2D eigenvalue weighted by molar-refractivity contribution is 0.552. The SMILES string of the molecule is NC(CCC1CC1)C1CSCCS1. The molecule has 3 heteroatoms. The molecule has 0 amide bonds. The number of thioether (sulfide) groups is 2. The van der Waals surface area contributed by atoms with E-state index in [0.717, 1.165) is 11.2 Å². The summed E-state index contributed by atoms with van der Waals surface area (Å²) in [5.41, 5.74) is 6.19. The van der Waals surface area contributed by atoms with E-state index in [9.17, 15) is 0 Å². The molecule has 1 aliphatic heterocycles. The molecule has 2 unspecified atom stereocenters. The normalized spacial score (nSPS) is 31.6. The molecule has 2 fully saturated rings. The van der Waals surface area contributed by atoms with Crippen LogP contribution >= 0.6 is 23.5 Å². The smallest absolute Gasteiger partial charge is 0.0289 e. The molecule has 1 saturated heterocycles. The van der Waals surface area contributed by atoms with Crippen molar-refractivity contribution in [1.29, 1.82) is 0 Å². The van der Waals surface area contributed by atoms with Gasteiger partial charge in [0.15, 0.2) is 0 Å². The van der Waals surface area contributed by atoms with Crippen LogP contribution in [0, 0.1) is 5.92 Å². The highest BCUT2D eigenvalue weighted by Gasteiger charge is 2.25. The van der Waals surface area contributed by atoms with Crippen molar-refractivity contribution >= 4 is 23.5 Å². The van der Waals surface area contributed by atoms with E-state index in [1.165, 1.54) is 42.9 Å². The average molecular weight is 217 g/mol. The fraction of sp³-hybridized carbons (Fsp3) is 1.00. The van der Waals surface area contributed by atoms with Crippen LogP contribution in [-0.2, 0) is 0 Å². The Morgan fingerprint density at radius 1 is 1.31 bits per heavy atom. The van der Waals surface area contributed by atoms with E-state index in [2.05, 4.69) is 23.5 Å². The van der Waals surface area contributed by atoms with Crippen LogP contribution in [0.2, 0.25) is 0 Å². The molecule has 2 N–H and O–H groups in total. The van der Waals surface area contributed by atoms with Crippen molar-refractivity contribution in [2.75, 3.05) is 17.3 Å². The van der Waals surface area contributed by atoms with Gasteiger partial charge >= 0.3 is 0 Å². The summed E-state index contributed by atoms with van der Waals surface area (Å²) in [4.78, 5) is 0. The summed E-state index contributed by atoms with van der Waals surface area (Å²) in [5.74, 6) is 4.98. The van der Waals surface area contributed by atoms with Crippen molar-refractivity contribution in [1.82, 2.24) is 0 Å². The summed E-state index contributed by atoms with van der Waals surface area (Å²) in [7, 11) is 0. The molecule has 0 spiro atoms. The van der Waals surface area contributed by atoms with Crippen molar-refractivity contribution in [2.45, 2.75) is 37.0 Å². The summed E-state index contributed by atoms with van der Waals surface area (Å²) in [6.07, 6.45) is 5.60. The predicted molar refractivity (Wildman–Crippen MR) is 63.5 cm³/mol. The molecular formula is C10H19NS2. The van der Waals surface area contributed by atoms with Gasteiger partial charge in [-0.1, -0.05) is 12.8 Å². The minimum Gasteiger partial charge on any atom is -0.327 e. The van der Waals surface area contributed by atoms with Gasteiger partial charge in [-0.15, -0.1) is 0 Å². The molecule has 0 aromatic rings. The van der Waals surface area contributed by atoms with Crippen molar-refractivity contribution in [3.63, 3.8) is 0 Å². The Balaban J connectivity index is 1.64. The first kappa shape index (κ1) is 10.2. The molecule has 0 bridgehead atoms. The summed E-state index contributed by atoms with van der Waals surface area (Å²) < 4.78 is 0. The number of nitrogens with two attached hydrogens (primary N) is 1. The average Bonchev–Trinajstić information content (AvgIpc) is 2.99. The second-order valence-electron chi connectivity index (χ2n) is 4.17. The fourth-order valence-electron chi connectivity index (χ4n) is 1.77. The zero-order valence-electron chi connectivity index (χ0n) is 8.08. The highest BCUT2D eigenvalue weighted by molar-refractivity contribution is 8.06. The molecule has 2 aliphatic rings. The van der Waals surface area contributed by atoms with Gasteiger partial charge in [0.05, 0.1) is 0 Å². The van der Waals surface area contributed by atoms with Crippen LogP contribution in [0.15, 0.2) is 0 Å². The maximum atomic E-state index is 6.19. The topological polar surface area (TPSA) is 26.0 Å². The molecule has 13 heavy (non-hydrogen) atoms. The van der Waals surface area contributed by atoms with Crippen LogP contribution in [0.5, 0.6) is 0 Å². The van der Waals surface area contributed by atoms with Gasteiger partial charge in [0, 0.05) is 28.6 Å². The second-order valence-corrected chi connectivity index (χ2v) is 6.67. The Morgan fingerprint density at radius 3 is 2.77 bits per heavy atom. The van der Waals surface area contributed by atoms with Crippen molar-refractivity contribution in [3.8, 4) is 0 Å². The number of hydrogen-bond acceptors (Lipinski definition) is 3. The van der Waals surface area contributed by atoms with E-state index >= 15 is 0 Å². The minimum atomic E-state index is 0.471. The van der Waals surface area contributed by atoms with Gasteiger partial charge in [-0.2, -0.15) is 23.5 Å². The first-order valence-electron chi connectivity index (χ1n) is 5.31. The highest BCUT2D eigenvalue weighted by atomic mass is 32.2. The highest BCUT2D eigenvalue weighted by Crippen LogP contribution is 2.35. The van der Waals surface area contributed by atoms with E-state index in [4.69, 9.17) is 5.73 Å². The van der Waals surface area contributed by atoms with Crippen LogP contribution in [0.3, 0.4) is 0 Å². The van der Waals surface area contributed by atoms with Crippen LogP contribution in [0.4, 0.5) is 0 Å². The Kier molecular flexibility index (Phi) is 3.87. The summed E-state index contributed by atoms with van der Waals surface area (Å²) in [6.45, 7) is 0. The Morgan fingerprint density at radius 2 is 2.15 bits per heavy atom. The van der Waals surface area contributed by atoms with Gasteiger partial charge < -0.3 is 5.73 Å². The molecule has 2 rings (SSSR count). The van der Waals surface area contributed by atoms with Gasteiger partial charge in [0.1, 0.15) is 0 Å². The molecule has 1 nitrogen and oxygen atoms in total. The van der Waals surface area contributed by atoms with Crippen LogP contribution in [-0.4, -0.2) is 28.6 Å². The third-order valence-corrected chi connectivity index (χ3v) is 5.87. The molecule has 0 aromatic heterocycles. The van der Waals surface area contributed by atoms with Gasteiger partial charge in [-0.25, -0.2) is 0 Å². The Labute approximate surface area is 89.6 Å². The first-order chi connectivity index (χ1) is 6.36. The molecular weight excluding hydrogens is 198 g/mol. The zero-order chi connectivity index (χ0) is 9.10. The maximum absolute atomic E-state index is 6.19. The monoisotopic (exact) mass is 217 g/mol. The van der Waals surface area contributed by atoms with E-state index in [-0.39, 0.29) is 0 Å². The maximum Gasteiger partial charge on any atom is 0.0289 e. The number of rotatable bonds is 4. The molecule has 0 radical (unpaired) electrons. The van der Waals surface area contributed by atoms with E-state index < -0.39 is 0 Å². The minimum absolute atomic E-state index is 0.471. The molecule has 0 aromatic carbocycles. The van der Waals surface area contributed by atoms with Gasteiger partial charge in [-0.3, -0.25) is 0 Å². The third-order valence-electron chi connectivity index (χ3n) is 2.92. The zero-order valence-corrected chi connectivity index (χ0v) is 9.71. The largest absolute Gasteiger partial charge is 0.327 e. The predicted octanol–water partition coefficient (Wildman–Crippen LogP) is 2.35. The summed E-state index contributed by atoms with van der Waals surface area (Å²) in [5, 5.41) is 0.748. The van der Waals surface area contributed by atoms with E-state index in [1.807, 2.05) is 0 Å². The van der Waals surface area contributed by atoms with Gasteiger partial charge in [0.2, 0.25) is 0 Å². The standard InChI is InChI=1S/C10H19NS2/c11-9(4-3-8-1-2-8)10-7-12-5-6-13-10/h8-10H,1-7,11H2.